The van der Waals surface area contributed by atoms with Crippen molar-refractivity contribution in [2.45, 2.75) is 41.5 Å². The van der Waals surface area contributed by atoms with Crippen LogP contribution in [0.1, 0.15) is 41.5 Å². The summed E-state index contributed by atoms with van der Waals surface area (Å²) in [4.78, 5) is 8.10. The zero-order valence-corrected chi connectivity index (χ0v) is 18.8. The molecule has 3 aromatic rings. The molecule has 1 aliphatic heterocycles. The first-order valence-electron chi connectivity index (χ1n) is 10.6. The van der Waals surface area contributed by atoms with Gasteiger partial charge in [0.05, 0.1) is 0 Å². The van der Waals surface area contributed by atoms with Crippen LogP contribution >= 0.6 is 0 Å². The van der Waals surface area contributed by atoms with Gasteiger partial charge in [0.15, 0.2) is 0 Å². The van der Waals surface area contributed by atoms with E-state index in [1.54, 1.807) is 0 Å². The number of likely N-dealkylation sites (N-methyl/N-ethyl adjacent to an activating group) is 2. The third-order valence-electron chi connectivity index (χ3n) is 4.14. The third-order valence-corrected chi connectivity index (χ3v) is 4.14. The van der Waals surface area contributed by atoms with Crippen LogP contribution in [0, 0.1) is 0 Å². The normalized spacial score (nSPS) is 13.8. The van der Waals surface area contributed by atoms with E-state index in [9.17, 15) is 0 Å². The summed E-state index contributed by atoms with van der Waals surface area (Å²) in [5.41, 5.74) is 2.42. The van der Waals surface area contributed by atoms with Gasteiger partial charge in [-0.3, -0.25) is 0 Å². The minimum atomic E-state index is 1.21. The van der Waals surface area contributed by atoms with E-state index in [-0.39, 0.29) is 0 Å². The third kappa shape index (κ3) is 8.15. The van der Waals surface area contributed by atoms with Gasteiger partial charge in [-0.25, -0.2) is 0 Å². The minimum absolute atomic E-state index is 1.21. The van der Waals surface area contributed by atoms with Gasteiger partial charge in [0.1, 0.15) is 0 Å². The summed E-state index contributed by atoms with van der Waals surface area (Å²) in [6.07, 6.45) is 0. The molecule has 1 fully saturated rings. The number of benzene rings is 2. The van der Waals surface area contributed by atoms with E-state index in [0.717, 1.165) is 0 Å². The average molecular weight is 372 g/mol. The number of piperazine rings is 1. The number of para-hydroxylation sites is 2. The molecule has 3 heteroatoms. The number of aromatic amines is 1. The Hall–Kier alpha value is -1.84. The van der Waals surface area contributed by atoms with Crippen molar-refractivity contribution in [2.24, 2.45) is 0 Å². The van der Waals surface area contributed by atoms with E-state index in [1.807, 2.05) is 41.5 Å². The Balaban J connectivity index is 0.000000419. The highest BCUT2D eigenvalue weighted by Crippen LogP contribution is 2.24. The predicted molar refractivity (Wildman–Crippen MR) is 125 cm³/mol. The summed E-state index contributed by atoms with van der Waals surface area (Å²) in [5, 5.41) is 2.61. The summed E-state index contributed by atoms with van der Waals surface area (Å²) in [6.45, 7) is 16.9. The minimum Gasteiger partial charge on any atom is -0.355 e. The molecule has 152 valence electrons. The van der Waals surface area contributed by atoms with Crippen LogP contribution in [0.5, 0.6) is 0 Å². The van der Waals surface area contributed by atoms with E-state index in [2.05, 4.69) is 77.4 Å². The molecule has 27 heavy (non-hydrogen) atoms. The highest BCUT2D eigenvalue weighted by Gasteiger charge is 2.07. The molecule has 0 radical (unpaired) electrons. The monoisotopic (exact) mass is 371 g/mol. The quantitative estimate of drug-likeness (QED) is 0.503. The SMILES string of the molecule is CC.CC.CC.CN1CCN(C)CC1.c1ccc2c(c1)[nH]c1ccccc12. The molecule has 1 aliphatic rings. The lowest BCUT2D eigenvalue weighted by Gasteiger charge is -2.28. The van der Waals surface area contributed by atoms with Crippen molar-refractivity contribution in [3.8, 4) is 0 Å². The second-order valence-corrected chi connectivity index (χ2v) is 5.82. The Morgan fingerprint density at radius 3 is 1.19 bits per heavy atom. The number of fused-ring (bicyclic) bond motifs is 3. The molecular weight excluding hydrogens is 330 g/mol. The Morgan fingerprint density at radius 2 is 0.852 bits per heavy atom. The smallest absolute Gasteiger partial charge is 0.0464 e. The van der Waals surface area contributed by atoms with Gasteiger partial charge in [-0.2, -0.15) is 0 Å². The second kappa shape index (κ2) is 15.2. The van der Waals surface area contributed by atoms with Crippen LogP contribution in [0.25, 0.3) is 21.8 Å². The van der Waals surface area contributed by atoms with Crippen LogP contribution in [0.15, 0.2) is 48.5 Å². The summed E-state index contributed by atoms with van der Waals surface area (Å²) in [7, 11) is 4.35. The van der Waals surface area contributed by atoms with Crippen molar-refractivity contribution in [1.29, 1.82) is 0 Å². The zero-order chi connectivity index (χ0) is 20.7. The van der Waals surface area contributed by atoms with Gasteiger partial charge in [-0.15, -0.1) is 0 Å². The number of rotatable bonds is 0. The van der Waals surface area contributed by atoms with E-state index >= 15 is 0 Å². The van der Waals surface area contributed by atoms with Crippen LogP contribution in [0.3, 0.4) is 0 Å². The lowest BCUT2D eigenvalue weighted by molar-refractivity contribution is 0.181. The number of nitrogens with one attached hydrogen (secondary N) is 1. The Morgan fingerprint density at radius 1 is 0.556 bits per heavy atom. The first kappa shape index (κ1) is 25.2. The van der Waals surface area contributed by atoms with Crippen molar-refractivity contribution in [3.63, 3.8) is 0 Å². The molecule has 1 N–H and O–H groups in total. The fourth-order valence-corrected chi connectivity index (χ4v) is 2.71. The summed E-state index contributed by atoms with van der Waals surface area (Å²) in [5.74, 6) is 0. The Kier molecular flexibility index (Phi) is 14.2. The number of hydrogen-bond acceptors (Lipinski definition) is 2. The summed E-state index contributed by atoms with van der Waals surface area (Å²) >= 11 is 0. The van der Waals surface area contributed by atoms with Crippen molar-refractivity contribution < 1.29 is 0 Å². The molecule has 0 bridgehead atoms. The number of hydrogen-bond donors (Lipinski definition) is 1. The highest BCUT2D eigenvalue weighted by atomic mass is 15.2. The zero-order valence-electron chi connectivity index (χ0n) is 18.8. The Bertz CT molecular complexity index is 649. The first-order chi connectivity index (χ1) is 13.2. The first-order valence-corrected chi connectivity index (χ1v) is 10.6. The topological polar surface area (TPSA) is 22.3 Å². The molecule has 0 aliphatic carbocycles. The van der Waals surface area contributed by atoms with Crippen LogP contribution in [-0.2, 0) is 0 Å². The molecule has 0 unspecified atom stereocenters. The lowest BCUT2D eigenvalue weighted by atomic mass is 10.2. The van der Waals surface area contributed by atoms with Crippen molar-refractivity contribution >= 4 is 21.8 Å². The standard InChI is InChI=1S/C12H9N.C6H14N2.3C2H6/c1-3-7-11-9(5-1)10-6-2-4-8-12(10)13-11;1-7-3-5-8(2)6-4-7;3*1-2/h1-8,13H;3-6H2,1-2H3;3*1-2H3. The van der Waals surface area contributed by atoms with E-state index in [1.165, 1.54) is 48.0 Å². The van der Waals surface area contributed by atoms with Gasteiger partial charge < -0.3 is 14.8 Å². The largest absolute Gasteiger partial charge is 0.355 e. The van der Waals surface area contributed by atoms with Gasteiger partial charge >= 0.3 is 0 Å². The summed E-state index contributed by atoms with van der Waals surface area (Å²) < 4.78 is 0. The molecule has 0 spiro atoms. The number of nitrogens with zero attached hydrogens (tertiary/aromatic N) is 2. The van der Waals surface area contributed by atoms with Crippen LogP contribution in [0.4, 0.5) is 0 Å². The maximum absolute atomic E-state index is 3.38. The van der Waals surface area contributed by atoms with Crippen LogP contribution in [0.2, 0.25) is 0 Å². The molecule has 4 rings (SSSR count). The molecule has 2 heterocycles. The van der Waals surface area contributed by atoms with Crippen LogP contribution in [-0.4, -0.2) is 55.1 Å². The molecule has 0 amide bonds. The maximum Gasteiger partial charge on any atom is 0.0464 e. The number of aromatic nitrogens is 1. The molecule has 0 atom stereocenters. The predicted octanol–water partition coefficient (Wildman–Crippen LogP) is 6.26. The maximum atomic E-state index is 3.38. The lowest BCUT2D eigenvalue weighted by Crippen LogP contribution is -2.42. The van der Waals surface area contributed by atoms with E-state index < -0.39 is 0 Å². The van der Waals surface area contributed by atoms with Gasteiger partial charge in [0, 0.05) is 48.0 Å². The van der Waals surface area contributed by atoms with Gasteiger partial charge in [0.2, 0.25) is 0 Å². The van der Waals surface area contributed by atoms with Gasteiger partial charge in [-0.05, 0) is 26.2 Å². The fourth-order valence-electron chi connectivity index (χ4n) is 2.71. The average Bonchev–Trinajstić information content (AvgIpc) is 3.14. The van der Waals surface area contributed by atoms with Crippen LogP contribution < -0.4 is 0 Å². The molecular formula is C24H41N3. The summed E-state index contributed by atoms with van der Waals surface area (Å²) in [6, 6.07) is 16.8. The molecule has 1 saturated heterocycles. The molecule has 3 nitrogen and oxygen atoms in total. The Labute approximate surface area is 167 Å². The fraction of sp³-hybridized carbons (Fsp3) is 0.500. The van der Waals surface area contributed by atoms with E-state index in [0.29, 0.717) is 0 Å². The van der Waals surface area contributed by atoms with Gasteiger partial charge in [-0.1, -0.05) is 77.9 Å². The van der Waals surface area contributed by atoms with Crippen molar-refractivity contribution in [2.75, 3.05) is 40.3 Å². The van der Waals surface area contributed by atoms with Crippen molar-refractivity contribution in [1.82, 2.24) is 14.8 Å². The molecule has 0 saturated carbocycles. The molecule has 1 aromatic heterocycles. The highest BCUT2D eigenvalue weighted by molar-refractivity contribution is 6.06. The number of H-pyrrole nitrogens is 1. The van der Waals surface area contributed by atoms with Crippen molar-refractivity contribution in [3.05, 3.63) is 48.5 Å². The second-order valence-electron chi connectivity index (χ2n) is 5.82. The van der Waals surface area contributed by atoms with E-state index in [4.69, 9.17) is 0 Å². The van der Waals surface area contributed by atoms with Gasteiger partial charge in [0.25, 0.3) is 0 Å². The molecule has 2 aromatic carbocycles.